The van der Waals surface area contributed by atoms with E-state index in [0.29, 0.717) is 11.8 Å². The molecule has 1 atom stereocenters. The van der Waals surface area contributed by atoms with Crippen LogP contribution in [0.5, 0.6) is 0 Å². The van der Waals surface area contributed by atoms with E-state index in [1.165, 1.54) is 67.0 Å². The number of aromatic amines is 1. The van der Waals surface area contributed by atoms with Gasteiger partial charge in [0.1, 0.15) is 0 Å². The molecule has 1 unspecified atom stereocenters. The van der Waals surface area contributed by atoms with Gasteiger partial charge < -0.3 is 9.88 Å². The molecule has 0 bridgehead atoms. The highest BCUT2D eigenvalue weighted by atomic mass is 15.1. The largest absolute Gasteiger partial charge is 0.348 e. The van der Waals surface area contributed by atoms with Crippen molar-refractivity contribution in [1.29, 1.82) is 0 Å². The van der Waals surface area contributed by atoms with Crippen LogP contribution >= 0.6 is 0 Å². The minimum Gasteiger partial charge on any atom is -0.348 e. The highest BCUT2D eigenvalue weighted by Crippen LogP contribution is 2.42. The molecule has 4 heteroatoms. The molecule has 150 valence electrons. The number of fused-ring (bicyclic) bond motifs is 2. The summed E-state index contributed by atoms with van der Waals surface area (Å²) in [4.78, 5) is 14.9. The normalized spacial score (nSPS) is 20.1. The van der Waals surface area contributed by atoms with E-state index in [4.69, 9.17) is 4.98 Å². The van der Waals surface area contributed by atoms with E-state index in [0.717, 1.165) is 19.3 Å². The van der Waals surface area contributed by atoms with Gasteiger partial charge >= 0.3 is 0 Å². The predicted molar refractivity (Wildman–Crippen MR) is 116 cm³/mol. The maximum atomic E-state index is 4.91. The van der Waals surface area contributed by atoms with E-state index in [-0.39, 0.29) is 0 Å². The molecule has 2 aliphatic rings. The zero-order valence-corrected chi connectivity index (χ0v) is 17.1. The summed E-state index contributed by atoms with van der Waals surface area (Å²) in [5.74, 6) is 1.14. The lowest BCUT2D eigenvalue weighted by atomic mass is 9.76. The molecule has 1 aliphatic carbocycles. The van der Waals surface area contributed by atoms with Crippen molar-refractivity contribution < 1.29 is 0 Å². The molecule has 1 fully saturated rings. The number of rotatable bonds is 5. The lowest BCUT2D eigenvalue weighted by Gasteiger charge is -2.36. The minimum atomic E-state index is 0.456. The summed E-state index contributed by atoms with van der Waals surface area (Å²) in [6.45, 7) is 3.59. The van der Waals surface area contributed by atoms with Crippen LogP contribution in [0.2, 0.25) is 0 Å². The average molecular weight is 387 g/mol. The molecule has 0 saturated carbocycles. The fourth-order valence-corrected chi connectivity index (χ4v) is 5.33. The minimum absolute atomic E-state index is 0.456. The highest BCUT2D eigenvalue weighted by molar-refractivity contribution is 5.42. The summed E-state index contributed by atoms with van der Waals surface area (Å²) in [5.41, 5.74) is 7.10. The molecule has 3 aromatic rings. The van der Waals surface area contributed by atoms with Crippen LogP contribution in [0.15, 0.2) is 55.1 Å². The van der Waals surface area contributed by atoms with Crippen molar-refractivity contribution in [3.63, 3.8) is 0 Å². The van der Waals surface area contributed by atoms with E-state index in [2.05, 4.69) is 51.3 Å². The molecule has 29 heavy (non-hydrogen) atoms. The third-order valence-electron chi connectivity index (χ3n) is 6.85. The van der Waals surface area contributed by atoms with E-state index >= 15 is 0 Å². The van der Waals surface area contributed by atoms with Gasteiger partial charge in [-0.25, -0.2) is 4.98 Å². The van der Waals surface area contributed by atoms with Crippen molar-refractivity contribution in [2.75, 3.05) is 19.6 Å². The first-order valence-electron chi connectivity index (χ1n) is 11.1. The van der Waals surface area contributed by atoms with Gasteiger partial charge in [-0.1, -0.05) is 30.3 Å². The van der Waals surface area contributed by atoms with E-state index < -0.39 is 0 Å². The number of hydrogen-bond acceptors (Lipinski definition) is 3. The number of aryl methyl sites for hydroxylation is 3. The fourth-order valence-electron chi connectivity index (χ4n) is 5.33. The number of imidazole rings is 1. The van der Waals surface area contributed by atoms with Crippen LogP contribution in [0.4, 0.5) is 0 Å². The van der Waals surface area contributed by atoms with Gasteiger partial charge in [0.2, 0.25) is 0 Å². The molecule has 2 aromatic heterocycles. The predicted octanol–water partition coefficient (Wildman–Crippen LogP) is 4.38. The summed E-state index contributed by atoms with van der Waals surface area (Å²) < 4.78 is 0. The van der Waals surface area contributed by atoms with E-state index in [9.17, 15) is 0 Å². The van der Waals surface area contributed by atoms with Crippen molar-refractivity contribution in [3.05, 3.63) is 83.2 Å². The third kappa shape index (κ3) is 3.99. The maximum absolute atomic E-state index is 4.91. The van der Waals surface area contributed by atoms with Crippen LogP contribution in [0.3, 0.4) is 0 Å². The van der Waals surface area contributed by atoms with Crippen molar-refractivity contribution in [1.82, 2.24) is 19.9 Å². The summed E-state index contributed by atoms with van der Waals surface area (Å²) in [7, 11) is 0. The first-order chi connectivity index (χ1) is 14.4. The fraction of sp³-hybridized carbons (Fsp3) is 0.440. The Hall–Kier alpha value is -2.46. The number of aromatic nitrogens is 3. The number of nitrogens with zero attached hydrogens (tertiary/aromatic N) is 3. The number of H-pyrrole nitrogens is 1. The quantitative estimate of drug-likeness (QED) is 0.708. The Bertz CT molecular complexity index is 878. The molecule has 0 amide bonds. The van der Waals surface area contributed by atoms with Crippen LogP contribution in [0, 0.1) is 5.92 Å². The number of benzene rings is 1. The second-order valence-electron chi connectivity index (χ2n) is 8.58. The van der Waals surface area contributed by atoms with E-state index in [1.54, 1.807) is 6.33 Å². The van der Waals surface area contributed by atoms with Crippen LogP contribution in [0.1, 0.15) is 53.3 Å². The first-order valence-corrected chi connectivity index (χ1v) is 11.1. The zero-order chi connectivity index (χ0) is 19.5. The Balaban J connectivity index is 1.29. The monoisotopic (exact) mass is 386 g/mol. The van der Waals surface area contributed by atoms with Crippen LogP contribution in [0.25, 0.3) is 0 Å². The van der Waals surface area contributed by atoms with Gasteiger partial charge in [0.05, 0.1) is 12.0 Å². The van der Waals surface area contributed by atoms with Gasteiger partial charge in [-0.15, -0.1) is 0 Å². The molecule has 0 radical (unpaired) electrons. The summed E-state index contributed by atoms with van der Waals surface area (Å²) >= 11 is 0. The SMILES string of the molecule is c1ccc2c(c1)CCc1cccnc1C2C1CCN(CCCc2cnc[nH]2)CC1. The first kappa shape index (κ1) is 18.6. The summed E-state index contributed by atoms with van der Waals surface area (Å²) in [6, 6.07) is 13.5. The van der Waals surface area contributed by atoms with Gasteiger partial charge in [-0.2, -0.15) is 0 Å². The molecule has 0 spiro atoms. The molecule has 1 aliphatic heterocycles. The van der Waals surface area contributed by atoms with Crippen molar-refractivity contribution >= 4 is 0 Å². The van der Waals surface area contributed by atoms with Crippen molar-refractivity contribution in [2.24, 2.45) is 5.92 Å². The smallest absolute Gasteiger partial charge is 0.0921 e. The molecule has 4 nitrogen and oxygen atoms in total. The number of hydrogen-bond donors (Lipinski definition) is 1. The van der Waals surface area contributed by atoms with Gasteiger partial charge in [0.25, 0.3) is 0 Å². The molecular formula is C25H30N4. The Morgan fingerprint density at radius 1 is 1.00 bits per heavy atom. The second kappa shape index (κ2) is 8.50. The van der Waals surface area contributed by atoms with E-state index in [1.807, 2.05) is 12.4 Å². The topological polar surface area (TPSA) is 44.8 Å². The molecule has 1 N–H and O–H groups in total. The molecule has 3 heterocycles. The Labute approximate surface area is 173 Å². The van der Waals surface area contributed by atoms with Crippen molar-refractivity contribution in [2.45, 2.75) is 44.4 Å². The van der Waals surface area contributed by atoms with Gasteiger partial charge in [0.15, 0.2) is 0 Å². The van der Waals surface area contributed by atoms with Crippen LogP contribution in [-0.4, -0.2) is 39.5 Å². The van der Waals surface area contributed by atoms with Gasteiger partial charge in [-0.05, 0) is 86.8 Å². The number of likely N-dealkylation sites (tertiary alicyclic amines) is 1. The zero-order valence-electron chi connectivity index (χ0n) is 17.1. The highest BCUT2D eigenvalue weighted by Gasteiger charge is 2.33. The second-order valence-corrected chi connectivity index (χ2v) is 8.58. The Morgan fingerprint density at radius 2 is 1.83 bits per heavy atom. The summed E-state index contributed by atoms with van der Waals surface area (Å²) in [5, 5.41) is 0. The van der Waals surface area contributed by atoms with Crippen LogP contribution in [-0.2, 0) is 19.3 Å². The Kier molecular flexibility index (Phi) is 5.44. The lowest BCUT2D eigenvalue weighted by molar-refractivity contribution is 0.172. The standard InChI is InChI=1S/C25H30N4/c1-2-8-23-19(5-1)9-10-21-6-3-13-27-25(21)24(23)20-11-15-29(16-12-20)14-4-7-22-17-26-18-28-22/h1-3,5-6,8,13,17-18,20,24H,4,7,9-12,14-16H2,(H,26,28). The van der Waals surface area contributed by atoms with Crippen molar-refractivity contribution in [3.8, 4) is 0 Å². The number of pyridine rings is 1. The molecule has 1 saturated heterocycles. The number of piperidine rings is 1. The third-order valence-corrected chi connectivity index (χ3v) is 6.85. The molecule has 1 aromatic carbocycles. The van der Waals surface area contributed by atoms with Gasteiger partial charge in [-0.3, -0.25) is 4.98 Å². The summed E-state index contributed by atoms with van der Waals surface area (Å²) in [6.07, 6.45) is 12.8. The lowest BCUT2D eigenvalue weighted by Crippen LogP contribution is -2.37. The Morgan fingerprint density at radius 3 is 2.69 bits per heavy atom. The molecular weight excluding hydrogens is 356 g/mol. The number of nitrogens with one attached hydrogen (secondary N) is 1. The maximum Gasteiger partial charge on any atom is 0.0921 e. The van der Waals surface area contributed by atoms with Gasteiger partial charge in [0, 0.05) is 24.0 Å². The molecule has 5 rings (SSSR count). The average Bonchev–Trinajstić information content (AvgIpc) is 3.22. The van der Waals surface area contributed by atoms with Crippen LogP contribution < -0.4 is 0 Å².